The predicted molar refractivity (Wildman–Crippen MR) is 73.5 cm³/mol. The van der Waals surface area contributed by atoms with Gasteiger partial charge in [-0.3, -0.25) is 4.79 Å². The van der Waals surface area contributed by atoms with Crippen molar-refractivity contribution in [2.24, 2.45) is 0 Å². The fourth-order valence-electron chi connectivity index (χ4n) is 1.40. The van der Waals surface area contributed by atoms with Gasteiger partial charge in [-0.05, 0) is 59.0 Å². The molecule has 4 heteroatoms. The van der Waals surface area contributed by atoms with Crippen molar-refractivity contribution in [3.8, 4) is 0 Å². The molecule has 2 nitrogen and oxygen atoms in total. The van der Waals surface area contributed by atoms with Crippen LogP contribution in [0.2, 0.25) is 0 Å². The number of halogens is 2. The Bertz CT molecular complexity index is 557. The Morgan fingerprint density at radius 2 is 1.88 bits per heavy atom. The SMILES string of the molecule is O=C(Nc1cccc(I)c1)c1cccc(F)c1. The summed E-state index contributed by atoms with van der Waals surface area (Å²) in [5, 5.41) is 2.72. The van der Waals surface area contributed by atoms with Crippen molar-refractivity contribution in [3.05, 3.63) is 63.5 Å². The quantitative estimate of drug-likeness (QED) is 0.830. The number of amides is 1. The molecule has 0 bridgehead atoms. The van der Waals surface area contributed by atoms with Crippen LogP contribution in [0.25, 0.3) is 0 Å². The smallest absolute Gasteiger partial charge is 0.255 e. The summed E-state index contributed by atoms with van der Waals surface area (Å²) < 4.78 is 14.0. The maximum absolute atomic E-state index is 12.9. The lowest BCUT2D eigenvalue weighted by Gasteiger charge is -2.05. The molecule has 0 fully saturated rings. The monoisotopic (exact) mass is 341 g/mol. The number of carbonyl (C=O) groups is 1. The van der Waals surface area contributed by atoms with Crippen LogP contribution >= 0.6 is 22.6 Å². The van der Waals surface area contributed by atoms with E-state index in [1.807, 2.05) is 18.2 Å². The lowest BCUT2D eigenvalue weighted by molar-refractivity contribution is 0.102. The Hall–Kier alpha value is -1.43. The highest BCUT2D eigenvalue weighted by atomic mass is 127. The molecule has 0 spiro atoms. The average molecular weight is 341 g/mol. The van der Waals surface area contributed by atoms with Crippen LogP contribution in [0.5, 0.6) is 0 Å². The minimum atomic E-state index is -0.416. The Kier molecular flexibility index (Phi) is 3.73. The molecule has 0 aliphatic carbocycles. The van der Waals surface area contributed by atoms with Crippen molar-refractivity contribution in [1.29, 1.82) is 0 Å². The first-order valence-electron chi connectivity index (χ1n) is 4.97. The Balaban J connectivity index is 2.17. The van der Waals surface area contributed by atoms with Crippen molar-refractivity contribution < 1.29 is 9.18 Å². The number of benzene rings is 2. The molecule has 0 saturated carbocycles. The first kappa shape index (κ1) is 12.0. The van der Waals surface area contributed by atoms with E-state index in [9.17, 15) is 9.18 Å². The number of hydrogen-bond acceptors (Lipinski definition) is 1. The first-order chi connectivity index (χ1) is 8.15. The van der Waals surface area contributed by atoms with Crippen LogP contribution in [0.15, 0.2) is 48.5 Å². The first-order valence-corrected chi connectivity index (χ1v) is 6.05. The van der Waals surface area contributed by atoms with Crippen molar-refractivity contribution in [2.75, 3.05) is 5.32 Å². The van der Waals surface area contributed by atoms with Crippen LogP contribution in [0.1, 0.15) is 10.4 Å². The molecule has 0 aliphatic heterocycles. The maximum atomic E-state index is 12.9. The van der Waals surface area contributed by atoms with Gasteiger partial charge in [-0.15, -0.1) is 0 Å². The Morgan fingerprint density at radius 1 is 1.12 bits per heavy atom. The summed E-state index contributed by atoms with van der Waals surface area (Å²) in [7, 11) is 0. The zero-order chi connectivity index (χ0) is 12.3. The van der Waals surface area contributed by atoms with Gasteiger partial charge < -0.3 is 5.32 Å². The molecule has 0 atom stereocenters. The van der Waals surface area contributed by atoms with Gasteiger partial charge in [0.2, 0.25) is 0 Å². The lowest BCUT2D eigenvalue weighted by atomic mass is 10.2. The molecular weight excluding hydrogens is 332 g/mol. The van der Waals surface area contributed by atoms with E-state index < -0.39 is 5.82 Å². The summed E-state index contributed by atoms with van der Waals surface area (Å²) in [6.45, 7) is 0. The molecule has 2 rings (SSSR count). The van der Waals surface area contributed by atoms with E-state index in [0.717, 1.165) is 3.57 Å². The molecule has 1 N–H and O–H groups in total. The zero-order valence-corrected chi connectivity index (χ0v) is 10.9. The molecule has 0 aromatic heterocycles. The lowest BCUT2D eigenvalue weighted by Crippen LogP contribution is -2.12. The van der Waals surface area contributed by atoms with Gasteiger partial charge in [-0.2, -0.15) is 0 Å². The fraction of sp³-hybridized carbons (Fsp3) is 0. The van der Waals surface area contributed by atoms with Crippen molar-refractivity contribution >= 4 is 34.2 Å². The van der Waals surface area contributed by atoms with E-state index in [4.69, 9.17) is 0 Å². The summed E-state index contributed by atoms with van der Waals surface area (Å²) in [6.07, 6.45) is 0. The van der Waals surface area contributed by atoms with E-state index in [1.165, 1.54) is 18.2 Å². The van der Waals surface area contributed by atoms with Crippen molar-refractivity contribution in [2.45, 2.75) is 0 Å². The van der Waals surface area contributed by atoms with Gasteiger partial charge >= 0.3 is 0 Å². The normalized spacial score (nSPS) is 10.0. The highest BCUT2D eigenvalue weighted by Gasteiger charge is 2.06. The standard InChI is InChI=1S/C13H9FINO/c14-10-4-1-3-9(7-10)13(17)16-12-6-2-5-11(15)8-12/h1-8H,(H,16,17). The van der Waals surface area contributed by atoms with Gasteiger partial charge in [-0.25, -0.2) is 4.39 Å². The molecule has 0 saturated heterocycles. The molecule has 0 heterocycles. The van der Waals surface area contributed by atoms with Gasteiger partial charge in [0, 0.05) is 14.8 Å². The van der Waals surface area contributed by atoms with E-state index in [-0.39, 0.29) is 5.91 Å². The summed E-state index contributed by atoms with van der Waals surface area (Å²) in [6, 6.07) is 13.0. The second-order valence-corrected chi connectivity index (χ2v) is 4.72. The van der Waals surface area contributed by atoms with E-state index in [0.29, 0.717) is 11.3 Å². The number of carbonyl (C=O) groups excluding carboxylic acids is 1. The maximum Gasteiger partial charge on any atom is 0.255 e. The average Bonchev–Trinajstić information content (AvgIpc) is 2.29. The van der Waals surface area contributed by atoms with Crippen LogP contribution in [0.4, 0.5) is 10.1 Å². The fourth-order valence-corrected chi connectivity index (χ4v) is 1.94. The van der Waals surface area contributed by atoms with Crippen LogP contribution in [-0.4, -0.2) is 5.91 Å². The summed E-state index contributed by atoms with van der Waals surface area (Å²) in [5.41, 5.74) is 1.01. The van der Waals surface area contributed by atoms with Gasteiger partial charge in [0.1, 0.15) is 5.82 Å². The summed E-state index contributed by atoms with van der Waals surface area (Å²) in [5.74, 6) is -0.730. The van der Waals surface area contributed by atoms with Gasteiger partial charge in [0.15, 0.2) is 0 Å². The largest absolute Gasteiger partial charge is 0.322 e. The highest BCUT2D eigenvalue weighted by molar-refractivity contribution is 14.1. The number of hydrogen-bond donors (Lipinski definition) is 1. The van der Waals surface area contributed by atoms with Gasteiger partial charge in [0.25, 0.3) is 5.91 Å². The van der Waals surface area contributed by atoms with E-state index >= 15 is 0 Å². The molecular formula is C13H9FINO. The van der Waals surface area contributed by atoms with E-state index in [2.05, 4.69) is 27.9 Å². The van der Waals surface area contributed by atoms with E-state index in [1.54, 1.807) is 12.1 Å². The topological polar surface area (TPSA) is 29.1 Å². The van der Waals surface area contributed by atoms with Crippen LogP contribution in [0.3, 0.4) is 0 Å². The summed E-state index contributed by atoms with van der Waals surface area (Å²) >= 11 is 2.16. The minimum absolute atomic E-state index is 0.309. The number of anilines is 1. The molecule has 0 unspecified atom stereocenters. The molecule has 2 aromatic rings. The van der Waals surface area contributed by atoms with Crippen LogP contribution in [0, 0.1) is 9.39 Å². The van der Waals surface area contributed by atoms with Crippen molar-refractivity contribution in [3.63, 3.8) is 0 Å². The molecule has 86 valence electrons. The van der Waals surface area contributed by atoms with Gasteiger partial charge in [0.05, 0.1) is 0 Å². The molecule has 17 heavy (non-hydrogen) atoms. The third-order valence-electron chi connectivity index (χ3n) is 2.17. The summed E-state index contributed by atoms with van der Waals surface area (Å²) in [4.78, 5) is 11.8. The van der Waals surface area contributed by atoms with Gasteiger partial charge in [-0.1, -0.05) is 12.1 Å². The number of nitrogens with one attached hydrogen (secondary N) is 1. The second-order valence-electron chi connectivity index (χ2n) is 3.47. The molecule has 0 radical (unpaired) electrons. The molecule has 2 aromatic carbocycles. The zero-order valence-electron chi connectivity index (χ0n) is 8.78. The molecule has 1 amide bonds. The Labute approximate surface area is 112 Å². The van der Waals surface area contributed by atoms with Crippen LogP contribution < -0.4 is 5.32 Å². The van der Waals surface area contributed by atoms with Crippen LogP contribution in [-0.2, 0) is 0 Å². The minimum Gasteiger partial charge on any atom is -0.322 e. The third kappa shape index (κ3) is 3.26. The number of rotatable bonds is 2. The third-order valence-corrected chi connectivity index (χ3v) is 2.84. The second kappa shape index (κ2) is 5.27. The molecule has 0 aliphatic rings. The Morgan fingerprint density at radius 3 is 2.59 bits per heavy atom. The van der Waals surface area contributed by atoms with Crippen molar-refractivity contribution in [1.82, 2.24) is 0 Å². The predicted octanol–water partition coefficient (Wildman–Crippen LogP) is 3.68. The highest BCUT2D eigenvalue weighted by Crippen LogP contribution is 2.14.